The Hall–Kier alpha value is -2.21. The van der Waals surface area contributed by atoms with Gasteiger partial charge in [0, 0.05) is 37.1 Å². The first-order chi connectivity index (χ1) is 12.7. The number of ether oxygens (including phenoxy) is 2. The van der Waals surface area contributed by atoms with Crippen LogP contribution in [0.15, 0.2) is 36.5 Å². The maximum Gasteiger partial charge on any atom is 0.169 e. The number of hydrogen-bond acceptors (Lipinski definition) is 3. The summed E-state index contributed by atoms with van der Waals surface area (Å²) in [5.41, 5.74) is 2.27. The van der Waals surface area contributed by atoms with Crippen molar-refractivity contribution in [3.63, 3.8) is 0 Å². The lowest BCUT2D eigenvalue weighted by Gasteiger charge is -2.39. The first-order valence-corrected chi connectivity index (χ1v) is 9.51. The monoisotopic (exact) mass is 373 g/mol. The lowest BCUT2D eigenvalue weighted by Crippen LogP contribution is -2.47. The number of aromatic nitrogens is 1. The number of fused-ring (bicyclic) bond motifs is 1. The van der Waals surface area contributed by atoms with Crippen molar-refractivity contribution in [2.24, 2.45) is 0 Å². The summed E-state index contributed by atoms with van der Waals surface area (Å²) in [6.45, 7) is 4.85. The largest absolute Gasteiger partial charge is 0.497 e. The third-order valence-corrected chi connectivity index (χ3v) is 5.22. The molecule has 0 radical (unpaired) electrons. The molecule has 1 atom stereocenters. The zero-order chi connectivity index (χ0) is 18.5. The zero-order valence-corrected chi connectivity index (χ0v) is 16.5. The minimum Gasteiger partial charge on any atom is -0.497 e. The average Bonchev–Trinajstić information content (AvgIpc) is 3.15. The summed E-state index contributed by atoms with van der Waals surface area (Å²) in [6.07, 6.45) is 4.38. The van der Waals surface area contributed by atoms with Crippen LogP contribution in [0.5, 0.6) is 11.5 Å². The second-order valence-corrected chi connectivity index (χ2v) is 6.80. The van der Waals surface area contributed by atoms with Gasteiger partial charge in [0.25, 0.3) is 0 Å². The normalized spacial score (nSPS) is 16.1. The first-order valence-electron chi connectivity index (χ1n) is 9.11. The highest BCUT2D eigenvalue weighted by atomic mass is 32.1. The number of benzene rings is 1. The number of rotatable bonds is 6. The number of methoxy groups -OCH3 is 2. The molecule has 1 N–H and O–H groups in total. The molecule has 1 aromatic heterocycles. The first kappa shape index (κ1) is 18.6. The fraction of sp³-hybridized carbons (Fsp3) is 0.450. The second-order valence-electron chi connectivity index (χ2n) is 6.42. The molecular weight excluding hydrogens is 346 g/mol. The van der Waals surface area contributed by atoms with E-state index in [9.17, 15) is 0 Å². The summed E-state index contributed by atoms with van der Waals surface area (Å²) in [7, 11) is 3.39. The van der Waals surface area contributed by atoms with E-state index in [4.69, 9.17) is 21.7 Å². The summed E-state index contributed by atoms with van der Waals surface area (Å²) in [5, 5.41) is 4.21. The van der Waals surface area contributed by atoms with Crippen LogP contribution in [0.2, 0.25) is 0 Å². The van der Waals surface area contributed by atoms with E-state index in [-0.39, 0.29) is 6.04 Å². The van der Waals surface area contributed by atoms with Crippen molar-refractivity contribution >= 4 is 17.3 Å². The van der Waals surface area contributed by atoms with Gasteiger partial charge in [-0.1, -0.05) is 13.3 Å². The molecule has 2 heterocycles. The molecule has 5 nitrogen and oxygen atoms in total. The maximum atomic E-state index is 5.74. The second kappa shape index (κ2) is 8.45. The zero-order valence-electron chi connectivity index (χ0n) is 15.7. The van der Waals surface area contributed by atoms with E-state index in [2.05, 4.69) is 40.0 Å². The van der Waals surface area contributed by atoms with Crippen molar-refractivity contribution in [1.82, 2.24) is 14.8 Å². The summed E-state index contributed by atoms with van der Waals surface area (Å²) < 4.78 is 13.4. The van der Waals surface area contributed by atoms with Crippen LogP contribution in [0.1, 0.15) is 37.1 Å². The smallest absolute Gasteiger partial charge is 0.169 e. The van der Waals surface area contributed by atoms with E-state index in [0.717, 1.165) is 54.7 Å². The lowest BCUT2D eigenvalue weighted by molar-refractivity contribution is 0.277. The van der Waals surface area contributed by atoms with E-state index in [1.807, 2.05) is 18.2 Å². The van der Waals surface area contributed by atoms with Crippen molar-refractivity contribution in [1.29, 1.82) is 0 Å². The van der Waals surface area contributed by atoms with Crippen LogP contribution >= 0.6 is 12.2 Å². The average molecular weight is 374 g/mol. The molecule has 26 heavy (non-hydrogen) atoms. The van der Waals surface area contributed by atoms with Crippen molar-refractivity contribution in [3.8, 4) is 11.5 Å². The quantitative estimate of drug-likeness (QED) is 0.619. The molecule has 2 aromatic rings. The Kier molecular flexibility index (Phi) is 6.04. The predicted octanol–water partition coefficient (Wildman–Crippen LogP) is 3.58. The van der Waals surface area contributed by atoms with Gasteiger partial charge < -0.3 is 24.3 Å². The third kappa shape index (κ3) is 3.65. The van der Waals surface area contributed by atoms with Crippen molar-refractivity contribution in [2.75, 3.05) is 27.3 Å². The summed E-state index contributed by atoms with van der Waals surface area (Å²) in [4.78, 5) is 2.26. The van der Waals surface area contributed by atoms with E-state index >= 15 is 0 Å². The number of thiocarbonyl (C=S) groups is 1. The molecule has 140 valence electrons. The Balaban J connectivity index is 2.00. The van der Waals surface area contributed by atoms with E-state index in [0.29, 0.717) is 0 Å². The highest BCUT2D eigenvalue weighted by Gasteiger charge is 2.32. The third-order valence-electron chi connectivity index (χ3n) is 4.84. The summed E-state index contributed by atoms with van der Waals surface area (Å²) in [5.74, 6) is 1.65. The molecule has 3 rings (SSSR count). The maximum absolute atomic E-state index is 5.74. The van der Waals surface area contributed by atoms with Crippen molar-refractivity contribution < 1.29 is 9.47 Å². The number of unbranched alkanes of at least 4 members (excludes halogenated alkanes) is 1. The van der Waals surface area contributed by atoms with E-state index in [1.54, 1.807) is 14.2 Å². The molecule has 6 heteroatoms. The molecular formula is C20H27N3O2S. The molecule has 0 aliphatic carbocycles. The number of hydrogen-bond donors (Lipinski definition) is 1. The predicted molar refractivity (Wildman–Crippen MR) is 108 cm³/mol. The van der Waals surface area contributed by atoms with Gasteiger partial charge in [-0.05, 0) is 49.0 Å². The van der Waals surface area contributed by atoms with Crippen LogP contribution in [0.25, 0.3) is 0 Å². The van der Waals surface area contributed by atoms with Crippen LogP contribution in [0.3, 0.4) is 0 Å². The van der Waals surface area contributed by atoms with Gasteiger partial charge in [0.2, 0.25) is 0 Å². The van der Waals surface area contributed by atoms with Crippen LogP contribution in [-0.2, 0) is 6.54 Å². The highest BCUT2D eigenvalue weighted by molar-refractivity contribution is 7.80. The molecule has 1 aliphatic heterocycles. The Bertz CT molecular complexity index is 759. The molecule has 1 aliphatic rings. The molecule has 0 bridgehead atoms. The Morgan fingerprint density at radius 3 is 2.81 bits per heavy atom. The molecule has 0 fully saturated rings. The van der Waals surface area contributed by atoms with Gasteiger partial charge in [-0.15, -0.1) is 0 Å². The van der Waals surface area contributed by atoms with Crippen LogP contribution in [0.4, 0.5) is 0 Å². The van der Waals surface area contributed by atoms with Crippen molar-refractivity contribution in [2.45, 2.75) is 32.4 Å². The lowest BCUT2D eigenvalue weighted by atomic mass is 9.99. The highest BCUT2D eigenvalue weighted by Crippen LogP contribution is 2.39. The molecule has 1 aromatic carbocycles. The molecule has 0 amide bonds. The standard InChI is InChI=1S/C20H27N3O2S/c1-4-5-10-21-20(26)23-13-12-22-11-6-7-17(22)19(23)16-14-15(24-2)8-9-18(16)25-3/h6-9,11,14,19H,4-5,10,12-13H2,1-3H3,(H,21,26)/t19-/m0/s1. The number of nitrogens with zero attached hydrogens (tertiary/aromatic N) is 2. The van der Waals surface area contributed by atoms with Gasteiger partial charge in [0.15, 0.2) is 5.11 Å². The Morgan fingerprint density at radius 1 is 1.23 bits per heavy atom. The van der Waals surface area contributed by atoms with E-state index < -0.39 is 0 Å². The van der Waals surface area contributed by atoms with Gasteiger partial charge in [0.1, 0.15) is 17.5 Å². The Labute approximate surface area is 160 Å². The topological polar surface area (TPSA) is 38.7 Å². The molecule has 0 saturated carbocycles. The van der Waals surface area contributed by atoms with Gasteiger partial charge in [0.05, 0.1) is 14.2 Å². The molecule has 0 saturated heterocycles. The van der Waals surface area contributed by atoms with Gasteiger partial charge in [-0.3, -0.25) is 0 Å². The van der Waals surface area contributed by atoms with Crippen LogP contribution in [0, 0.1) is 0 Å². The number of nitrogens with one attached hydrogen (secondary N) is 1. The summed E-state index contributed by atoms with van der Waals surface area (Å²) in [6, 6.07) is 10.2. The molecule has 0 spiro atoms. The van der Waals surface area contributed by atoms with Crippen LogP contribution in [-0.4, -0.2) is 41.9 Å². The van der Waals surface area contributed by atoms with Gasteiger partial charge in [-0.2, -0.15) is 0 Å². The van der Waals surface area contributed by atoms with E-state index in [1.165, 1.54) is 5.69 Å². The summed E-state index contributed by atoms with van der Waals surface area (Å²) >= 11 is 5.74. The minimum atomic E-state index is -0.00886. The van der Waals surface area contributed by atoms with Gasteiger partial charge in [-0.25, -0.2) is 0 Å². The SMILES string of the molecule is CCCCNC(=S)N1CCn2cccc2[C@@H]1c1cc(OC)ccc1OC. The van der Waals surface area contributed by atoms with Gasteiger partial charge >= 0.3 is 0 Å². The minimum absolute atomic E-state index is 0.00886. The van der Waals surface area contributed by atoms with Crippen LogP contribution < -0.4 is 14.8 Å². The Morgan fingerprint density at radius 2 is 2.08 bits per heavy atom. The fourth-order valence-electron chi connectivity index (χ4n) is 3.46. The van der Waals surface area contributed by atoms with Crippen molar-refractivity contribution in [3.05, 3.63) is 47.8 Å². The molecule has 0 unspecified atom stereocenters. The fourth-order valence-corrected chi connectivity index (χ4v) is 3.75.